The molecule has 2 aromatic carbocycles. The summed E-state index contributed by atoms with van der Waals surface area (Å²) in [4.78, 5) is 67.0. The number of piperidine rings is 2. The van der Waals surface area contributed by atoms with Crippen molar-refractivity contribution in [3.05, 3.63) is 88.2 Å². The van der Waals surface area contributed by atoms with E-state index in [1.807, 2.05) is 0 Å². The molecule has 3 heterocycles. The third-order valence-corrected chi connectivity index (χ3v) is 9.86. The van der Waals surface area contributed by atoms with E-state index in [4.69, 9.17) is 16.3 Å². The van der Waals surface area contributed by atoms with Gasteiger partial charge in [-0.1, -0.05) is 24.8 Å². The van der Waals surface area contributed by atoms with Crippen molar-refractivity contribution in [2.45, 2.75) is 44.7 Å². The van der Waals surface area contributed by atoms with Gasteiger partial charge in [-0.2, -0.15) is 0 Å². The van der Waals surface area contributed by atoms with Gasteiger partial charge in [0.15, 0.2) is 18.2 Å². The van der Waals surface area contributed by atoms with Crippen molar-refractivity contribution in [2.75, 3.05) is 50.1 Å². The van der Waals surface area contributed by atoms with Gasteiger partial charge in [-0.15, -0.1) is 0 Å². The Morgan fingerprint density at radius 2 is 1.84 bits per heavy atom. The average molecular weight is 792 g/mol. The summed E-state index contributed by atoms with van der Waals surface area (Å²) in [6.45, 7) is 12.4. The number of ether oxygens (including phenoxy) is 1. The lowest BCUT2D eigenvalue weighted by molar-refractivity contribution is -0.134. The van der Waals surface area contributed by atoms with Gasteiger partial charge in [0.05, 0.1) is 16.1 Å². The zero-order valence-electron chi connectivity index (χ0n) is 31.6. The number of nitrogens with zero attached hydrogens (tertiary/aromatic N) is 3. The number of benzene rings is 2. The van der Waals surface area contributed by atoms with E-state index in [1.54, 1.807) is 37.4 Å². The lowest BCUT2D eigenvalue weighted by Gasteiger charge is -2.34. The number of anilines is 2. The summed E-state index contributed by atoms with van der Waals surface area (Å²) in [5, 5.41) is 17.9. The summed E-state index contributed by atoms with van der Waals surface area (Å²) < 4.78 is 21.9. The monoisotopic (exact) mass is 791 g/mol. The minimum absolute atomic E-state index is 0.0420. The van der Waals surface area contributed by atoms with Crippen LogP contribution >= 0.6 is 11.6 Å². The number of nitrogens with one attached hydrogen (secondary N) is 6. The molecule has 56 heavy (non-hydrogen) atoms. The highest BCUT2D eigenvalue weighted by molar-refractivity contribution is 6.44. The Morgan fingerprint density at radius 1 is 1.09 bits per heavy atom. The van der Waals surface area contributed by atoms with Crippen molar-refractivity contribution in [1.82, 2.24) is 31.2 Å². The predicted octanol–water partition coefficient (Wildman–Crippen LogP) is 2.86. The molecule has 17 heteroatoms. The Labute approximate surface area is 328 Å². The number of aliphatic imine (C=N–C) groups is 1. The summed E-state index contributed by atoms with van der Waals surface area (Å²) in [7, 11) is 3.11. The molecule has 1 unspecified atom stereocenters. The summed E-state index contributed by atoms with van der Waals surface area (Å²) >= 11 is 6.30. The average Bonchev–Trinajstić information content (AvgIpc) is 3.17. The lowest BCUT2D eigenvalue weighted by atomic mass is 9.96. The summed E-state index contributed by atoms with van der Waals surface area (Å²) in [6.07, 6.45) is 2.07. The molecule has 15 nitrogen and oxygen atoms in total. The van der Waals surface area contributed by atoms with Crippen LogP contribution in [0.2, 0.25) is 0 Å². The van der Waals surface area contributed by atoms with Crippen LogP contribution in [0.15, 0.2) is 76.3 Å². The first kappa shape index (κ1) is 41.4. The highest BCUT2D eigenvalue weighted by Crippen LogP contribution is 2.26. The van der Waals surface area contributed by atoms with E-state index < -0.39 is 29.6 Å². The number of hydrogen-bond donors (Lipinski definition) is 6. The van der Waals surface area contributed by atoms with E-state index in [2.05, 4.69) is 61.9 Å². The van der Waals surface area contributed by atoms with Crippen LogP contribution in [0.5, 0.6) is 5.75 Å². The minimum atomic E-state index is -0.881. The Morgan fingerprint density at radius 3 is 2.52 bits per heavy atom. The van der Waals surface area contributed by atoms with Gasteiger partial charge in [0.2, 0.25) is 11.8 Å². The summed E-state index contributed by atoms with van der Waals surface area (Å²) in [5.74, 6) is -1.61. The number of carbonyl (C=O) groups excluding carboxylic acids is 4. The van der Waals surface area contributed by atoms with Gasteiger partial charge < -0.3 is 40.8 Å². The van der Waals surface area contributed by atoms with Crippen LogP contribution in [0.3, 0.4) is 0 Å². The molecular formula is C39H47ClFN9O6. The van der Waals surface area contributed by atoms with Gasteiger partial charge >= 0.3 is 0 Å². The van der Waals surface area contributed by atoms with E-state index in [0.717, 1.165) is 32.5 Å². The van der Waals surface area contributed by atoms with Crippen molar-refractivity contribution < 1.29 is 28.3 Å². The van der Waals surface area contributed by atoms with Gasteiger partial charge in [-0.05, 0) is 81.1 Å². The van der Waals surface area contributed by atoms with Crippen molar-refractivity contribution in [3.63, 3.8) is 0 Å². The second-order valence-corrected chi connectivity index (χ2v) is 14.3. The Balaban J connectivity index is 1.07. The number of hydrogen-bond acceptors (Lipinski definition) is 10. The molecule has 0 bridgehead atoms. The quantitative estimate of drug-likeness (QED) is 0.0760. The van der Waals surface area contributed by atoms with Crippen molar-refractivity contribution in [3.8, 4) is 5.75 Å². The highest BCUT2D eigenvalue weighted by atomic mass is 35.5. The Kier molecular flexibility index (Phi) is 13.9. The third kappa shape index (κ3) is 10.7. The molecule has 5 rings (SSSR count). The van der Waals surface area contributed by atoms with Crippen LogP contribution in [-0.4, -0.2) is 85.9 Å². The molecular weight excluding hydrogens is 745 g/mol. The number of fused-ring (bicyclic) bond motifs is 1. The first-order valence-electron chi connectivity index (χ1n) is 18.2. The number of likely N-dealkylation sites (N-methyl/N-ethyl adjacent to an activating group) is 1. The maximum Gasteiger partial charge on any atom is 0.293 e. The maximum absolute atomic E-state index is 15.0. The third-order valence-electron chi connectivity index (χ3n) is 9.68. The summed E-state index contributed by atoms with van der Waals surface area (Å²) in [6, 6.07) is 10.6. The molecule has 4 amide bonds. The predicted molar refractivity (Wildman–Crippen MR) is 214 cm³/mol. The molecule has 0 aliphatic carbocycles. The number of aromatic nitrogens is 1. The lowest BCUT2D eigenvalue weighted by Crippen LogP contribution is -2.52. The SMILES string of the molecule is C=C(/N=C(/Nc1ccc2c(c1)cc(OCC(=O)NC)c(=O)n2C)C(=C)Cl)NC[C@H](C)NCC1CCN(c2ccc(C(=O)NC3CCC(=O)NC3=O)c(F)c2)CC1. The molecule has 0 saturated carbocycles. The number of aryl methyl sites for hydroxylation is 1. The van der Waals surface area contributed by atoms with Gasteiger partial charge in [0.1, 0.15) is 17.7 Å². The van der Waals surface area contributed by atoms with Crippen LogP contribution in [0.1, 0.15) is 43.0 Å². The number of imide groups is 1. The Bertz CT molecular complexity index is 2110. The van der Waals surface area contributed by atoms with E-state index in [0.29, 0.717) is 40.6 Å². The molecule has 1 aromatic heterocycles. The molecule has 2 fully saturated rings. The number of carbonyl (C=O) groups is 4. The fourth-order valence-corrected chi connectivity index (χ4v) is 6.47. The van der Waals surface area contributed by atoms with Crippen LogP contribution in [0.4, 0.5) is 15.8 Å². The minimum Gasteiger partial charge on any atom is -0.478 e. The smallest absolute Gasteiger partial charge is 0.293 e. The first-order valence-corrected chi connectivity index (χ1v) is 18.6. The highest BCUT2D eigenvalue weighted by Gasteiger charge is 2.29. The van der Waals surface area contributed by atoms with Gasteiger partial charge in [0.25, 0.3) is 17.4 Å². The standard InChI is InChI=1S/C39H47ClFN9O6/c1-22(43-20-25-12-14-50(15-13-25)28-7-8-29(30(41)18-28)37(53)47-31-9-11-34(51)48-38(31)54)19-44-24(3)45-36(23(2)40)46-27-6-10-32-26(16-27)17-33(39(55)49(32)5)56-21-35(52)42-4/h6-8,10,16-18,22,25,31,43-44H,2-3,9,11-15,19-21H2,1,4-5H3,(H,42,52)(H,45,46)(H,47,53)(H,48,51,54)/t22-,31?/m0/s1. The fraction of sp³-hybridized carbons (Fsp3) is 0.385. The number of amidine groups is 1. The van der Waals surface area contributed by atoms with Crippen LogP contribution in [0.25, 0.3) is 10.9 Å². The molecule has 0 radical (unpaired) electrons. The second-order valence-electron chi connectivity index (χ2n) is 13.8. The van der Waals surface area contributed by atoms with Crippen molar-refractivity contribution >= 4 is 63.3 Å². The molecule has 6 N–H and O–H groups in total. The van der Waals surface area contributed by atoms with E-state index in [-0.39, 0.29) is 59.1 Å². The van der Waals surface area contributed by atoms with Gasteiger partial charge in [-0.3, -0.25) is 29.3 Å². The van der Waals surface area contributed by atoms with E-state index in [1.165, 1.54) is 23.7 Å². The maximum atomic E-state index is 15.0. The number of halogens is 2. The number of amides is 4. The molecule has 3 aromatic rings. The normalized spacial score (nSPS) is 16.8. The second kappa shape index (κ2) is 18.7. The topological polar surface area (TPSA) is 187 Å². The van der Waals surface area contributed by atoms with Crippen molar-refractivity contribution in [2.24, 2.45) is 18.0 Å². The largest absolute Gasteiger partial charge is 0.478 e. The van der Waals surface area contributed by atoms with E-state index >= 15 is 4.39 Å². The van der Waals surface area contributed by atoms with Crippen molar-refractivity contribution in [1.29, 1.82) is 0 Å². The number of pyridine rings is 1. The number of rotatable bonds is 15. The molecule has 0 spiro atoms. The molecule has 2 aliphatic rings. The van der Waals surface area contributed by atoms with Gasteiger partial charge in [-0.25, -0.2) is 9.38 Å². The Hall–Kier alpha value is -5.74. The van der Waals surface area contributed by atoms with Crippen LogP contribution in [0, 0.1) is 11.7 Å². The zero-order valence-corrected chi connectivity index (χ0v) is 32.4. The van der Waals surface area contributed by atoms with Crippen LogP contribution in [-0.2, 0) is 21.4 Å². The van der Waals surface area contributed by atoms with Gasteiger partial charge in [0, 0.05) is 63.0 Å². The zero-order chi connectivity index (χ0) is 40.5. The molecule has 2 aliphatic heterocycles. The molecule has 298 valence electrons. The summed E-state index contributed by atoms with van der Waals surface area (Å²) in [5.41, 5.74) is 1.44. The van der Waals surface area contributed by atoms with E-state index in [9.17, 15) is 24.0 Å². The van der Waals surface area contributed by atoms with Crippen LogP contribution < -0.4 is 47.1 Å². The molecule has 2 atom stereocenters. The molecule has 2 saturated heterocycles. The fourth-order valence-electron chi connectivity index (χ4n) is 6.38. The first-order chi connectivity index (χ1) is 26.7.